The van der Waals surface area contributed by atoms with Gasteiger partial charge in [-0.2, -0.15) is 0 Å². The van der Waals surface area contributed by atoms with Gasteiger partial charge in [0.05, 0.1) is 23.9 Å². The lowest BCUT2D eigenvalue weighted by atomic mass is 10.1. The van der Waals surface area contributed by atoms with Crippen molar-refractivity contribution in [3.05, 3.63) is 176 Å². The van der Waals surface area contributed by atoms with E-state index >= 15 is 0 Å². The van der Waals surface area contributed by atoms with Crippen LogP contribution in [0, 0.1) is 20.8 Å². The van der Waals surface area contributed by atoms with Crippen LogP contribution in [0.1, 0.15) is 48.1 Å². The Labute approximate surface area is 386 Å². The number of aromatic nitrogens is 5. The molecule has 0 aliphatic carbocycles. The van der Waals surface area contributed by atoms with Crippen molar-refractivity contribution in [2.75, 3.05) is 72.4 Å². The maximum Gasteiger partial charge on any atom is 0.193 e. The van der Waals surface area contributed by atoms with Crippen molar-refractivity contribution in [2.45, 2.75) is 53.0 Å². The third kappa shape index (κ3) is 9.97. The Bertz CT molecular complexity index is 3020. The van der Waals surface area contributed by atoms with Crippen molar-refractivity contribution in [3.8, 4) is 5.69 Å². The molecular weight excluding hydrogens is 821 g/mol. The van der Waals surface area contributed by atoms with Crippen molar-refractivity contribution in [1.29, 1.82) is 0 Å². The van der Waals surface area contributed by atoms with Gasteiger partial charge in [-0.25, -0.2) is 9.97 Å². The third-order valence-corrected chi connectivity index (χ3v) is 12.6. The molecule has 2 fully saturated rings. The minimum atomic E-state index is -0.00626. The summed E-state index contributed by atoms with van der Waals surface area (Å²) < 4.78 is 4.26. The molecule has 7 aromatic rings. The van der Waals surface area contributed by atoms with Crippen LogP contribution < -0.4 is 30.9 Å². The van der Waals surface area contributed by atoms with E-state index in [9.17, 15) is 9.59 Å². The Morgan fingerprint density at radius 1 is 0.697 bits per heavy atom. The van der Waals surface area contributed by atoms with Crippen LogP contribution in [0.15, 0.2) is 148 Å². The highest BCUT2D eigenvalue weighted by molar-refractivity contribution is 5.83. The summed E-state index contributed by atoms with van der Waals surface area (Å²) in [4.78, 5) is 51.8. The molecule has 1 N–H and O–H groups in total. The average molecular weight is 879 g/mol. The molecule has 0 saturated carbocycles. The van der Waals surface area contributed by atoms with Crippen LogP contribution in [0.5, 0.6) is 0 Å². The zero-order valence-electron chi connectivity index (χ0n) is 38.2. The summed E-state index contributed by atoms with van der Waals surface area (Å²) in [7, 11) is 0. The number of aryl methyl sites for hydroxylation is 3. The van der Waals surface area contributed by atoms with E-state index in [0.29, 0.717) is 23.9 Å². The predicted octanol–water partition coefficient (Wildman–Crippen LogP) is 8.84. The fourth-order valence-electron chi connectivity index (χ4n) is 9.07. The summed E-state index contributed by atoms with van der Waals surface area (Å²) >= 11 is 0. The maximum absolute atomic E-state index is 13.3. The van der Waals surface area contributed by atoms with Crippen LogP contribution in [0.3, 0.4) is 0 Å². The van der Waals surface area contributed by atoms with E-state index in [0.717, 1.165) is 103 Å². The zero-order valence-corrected chi connectivity index (χ0v) is 38.2. The fourth-order valence-corrected chi connectivity index (χ4v) is 9.07. The van der Waals surface area contributed by atoms with E-state index in [1.54, 1.807) is 18.3 Å². The number of aliphatic imine (C=N–C) groups is 1. The number of pyridine rings is 5. The lowest BCUT2D eigenvalue weighted by Gasteiger charge is -2.38. The first kappa shape index (κ1) is 43.9. The highest BCUT2D eigenvalue weighted by Crippen LogP contribution is 2.28. The highest BCUT2D eigenvalue weighted by Gasteiger charge is 2.23. The minimum Gasteiger partial charge on any atom is -0.368 e. The number of piperazine rings is 1. The molecule has 3 aliphatic heterocycles. The Morgan fingerprint density at radius 3 is 2.26 bits per heavy atom. The second-order valence-electron chi connectivity index (χ2n) is 17.4. The van der Waals surface area contributed by atoms with Crippen LogP contribution in [0.4, 0.5) is 23.1 Å². The van der Waals surface area contributed by atoms with Gasteiger partial charge in [-0.05, 0) is 105 Å². The fraction of sp³-hybridized carbons (Fsp3) is 0.296. The van der Waals surface area contributed by atoms with Gasteiger partial charge in [-0.1, -0.05) is 60.2 Å². The van der Waals surface area contributed by atoms with E-state index in [4.69, 9.17) is 9.97 Å². The van der Waals surface area contributed by atoms with Gasteiger partial charge in [0, 0.05) is 100 Å². The maximum atomic E-state index is 13.3. The molecule has 12 heteroatoms. The van der Waals surface area contributed by atoms with E-state index in [2.05, 4.69) is 101 Å². The molecule has 0 radical (unpaired) electrons. The van der Waals surface area contributed by atoms with E-state index in [-0.39, 0.29) is 10.9 Å². The number of allylic oxidation sites excluding steroid dienone is 2. The van der Waals surface area contributed by atoms with Gasteiger partial charge >= 0.3 is 0 Å². The first-order valence-electron chi connectivity index (χ1n) is 23.2. The van der Waals surface area contributed by atoms with Crippen molar-refractivity contribution >= 4 is 51.4 Å². The van der Waals surface area contributed by atoms with Crippen molar-refractivity contribution in [2.24, 2.45) is 4.99 Å². The van der Waals surface area contributed by atoms with Crippen molar-refractivity contribution in [1.82, 2.24) is 24.1 Å². The summed E-state index contributed by atoms with van der Waals surface area (Å²) in [5.41, 5.74) is 9.12. The van der Waals surface area contributed by atoms with Crippen LogP contribution in [0.2, 0.25) is 0 Å². The molecule has 0 spiro atoms. The molecule has 0 bridgehead atoms. The smallest absolute Gasteiger partial charge is 0.193 e. The van der Waals surface area contributed by atoms with Gasteiger partial charge in [-0.15, -0.1) is 0 Å². The second-order valence-corrected chi connectivity index (χ2v) is 17.4. The van der Waals surface area contributed by atoms with Crippen LogP contribution in [0.25, 0.3) is 27.8 Å². The number of piperidine rings is 1. The Balaban J connectivity index is 0.000000167. The molecule has 2 aromatic carbocycles. The molecule has 12 nitrogen and oxygen atoms in total. The monoisotopic (exact) mass is 878 g/mol. The minimum absolute atomic E-state index is 0.00626. The number of fused-ring (bicyclic) bond motifs is 2. The first-order valence-corrected chi connectivity index (χ1v) is 23.2. The van der Waals surface area contributed by atoms with Crippen molar-refractivity contribution < 1.29 is 0 Å². The molecule has 0 atom stereocenters. The molecule has 0 amide bonds. The zero-order chi connectivity index (χ0) is 45.4. The number of hydrogen-bond donors (Lipinski definition) is 1. The normalized spacial score (nSPS) is 16.0. The summed E-state index contributed by atoms with van der Waals surface area (Å²) in [5, 5.41) is 4.86. The largest absolute Gasteiger partial charge is 0.368 e. The van der Waals surface area contributed by atoms with Crippen LogP contribution in [-0.2, 0) is 6.54 Å². The van der Waals surface area contributed by atoms with E-state index in [1.165, 1.54) is 36.1 Å². The summed E-state index contributed by atoms with van der Waals surface area (Å²) in [5.74, 6) is 2.62. The number of rotatable bonds is 9. The lowest BCUT2D eigenvalue weighted by molar-refractivity contribution is 0.573. The summed E-state index contributed by atoms with van der Waals surface area (Å²) in [6.45, 7) is 13.5. The SMILES string of the molecule is Cc1cc(N2CCCCC2)nc2c1c(=O)cc(NC/C1=C/C=CCN=CC1)n2Cc1cccnc1.Cc1ccc(N2CCN(c3cc(=O)c4ccc(C)nc4n3-c3ccccc3)CC2)cc1. The van der Waals surface area contributed by atoms with Gasteiger partial charge < -0.3 is 24.6 Å². The van der Waals surface area contributed by atoms with Gasteiger partial charge in [0.25, 0.3) is 0 Å². The molecule has 0 unspecified atom stereocenters. The molecular formula is C54H58N10O2. The third-order valence-electron chi connectivity index (χ3n) is 12.6. The topological polar surface area (TPSA) is 117 Å². The molecule has 10 rings (SSSR count). The van der Waals surface area contributed by atoms with Crippen molar-refractivity contribution in [3.63, 3.8) is 0 Å². The second kappa shape index (κ2) is 20.2. The standard InChI is InChI=1S/C28H32N6O.C26H26N4O/c1-21-16-26(33-14-5-2-6-15-33)32-28-27(21)24(35)17-25(34(28)20-23-9-7-12-30-18-23)31-19-22-8-3-4-11-29-13-10-22;1-19-8-11-21(12-9-19)28-14-16-29(17-15-28)25-18-24(31)23-13-10-20(2)27-26(23)30(25)22-6-4-3-5-7-22/h3-4,7-9,12-13,16-18,31H,2,5-6,10-11,14-15,19-20H2,1H3;3-13,18H,14-17H2,1-2H3/b4-3?,22-8+,29-13?;. The summed E-state index contributed by atoms with van der Waals surface area (Å²) in [6.07, 6.45) is 16.2. The molecule has 5 aromatic heterocycles. The number of benzene rings is 2. The molecule has 2 saturated heterocycles. The number of para-hydroxylation sites is 1. The number of nitrogens with zero attached hydrogens (tertiary/aromatic N) is 9. The average Bonchev–Trinajstić information content (AvgIpc) is 3.33. The molecule has 3 aliphatic rings. The quantitative estimate of drug-likeness (QED) is 0.152. The molecule has 66 heavy (non-hydrogen) atoms. The summed E-state index contributed by atoms with van der Waals surface area (Å²) in [6, 6.07) is 32.2. The van der Waals surface area contributed by atoms with E-state index < -0.39 is 0 Å². The molecule has 8 heterocycles. The van der Waals surface area contributed by atoms with Gasteiger partial charge in [-0.3, -0.25) is 24.1 Å². The van der Waals surface area contributed by atoms with Gasteiger partial charge in [0.15, 0.2) is 10.9 Å². The van der Waals surface area contributed by atoms with Crippen LogP contribution in [-0.4, -0.2) is 82.7 Å². The van der Waals surface area contributed by atoms with Gasteiger partial charge in [0.1, 0.15) is 28.7 Å². The molecule has 336 valence electrons. The van der Waals surface area contributed by atoms with Crippen LogP contribution >= 0.6 is 0 Å². The van der Waals surface area contributed by atoms with Gasteiger partial charge in [0.2, 0.25) is 0 Å². The number of hydrogen-bond acceptors (Lipinski definition) is 10. The Kier molecular flexibility index (Phi) is 13.5. The van der Waals surface area contributed by atoms with E-state index in [1.807, 2.05) is 74.8 Å². The highest BCUT2D eigenvalue weighted by atomic mass is 16.1. The number of anilines is 4. The Hall–Kier alpha value is -7.34. The predicted molar refractivity (Wildman–Crippen MR) is 272 cm³/mol. The first-order chi connectivity index (χ1) is 32.3. The number of nitrogens with one attached hydrogen (secondary N) is 1. The Morgan fingerprint density at radius 2 is 1.48 bits per heavy atom. The lowest BCUT2D eigenvalue weighted by Crippen LogP contribution is -2.47.